The quantitative estimate of drug-likeness (QED) is 0.741. The van der Waals surface area contributed by atoms with Gasteiger partial charge >= 0.3 is 0 Å². The van der Waals surface area contributed by atoms with Crippen LogP contribution in [0.25, 0.3) is 10.6 Å². The molecule has 2 nitrogen and oxygen atoms in total. The minimum absolute atomic E-state index is 0.489. The Balaban J connectivity index is 2.61. The first kappa shape index (κ1) is 9.62. The van der Waals surface area contributed by atoms with Crippen LogP contribution in [-0.2, 0) is 0 Å². The predicted octanol–water partition coefficient (Wildman–Crippen LogP) is 3.48. The van der Waals surface area contributed by atoms with E-state index < -0.39 is 0 Å². The molecule has 1 heterocycles. The molecule has 0 saturated heterocycles. The Morgan fingerprint density at radius 2 is 1.79 bits per heavy atom. The van der Waals surface area contributed by atoms with Crippen molar-refractivity contribution in [2.45, 2.75) is 13.8 Å². The molecule has 0 N–H and O–H groups in total. The average Bonchev–Trinajstić information content (AvgIpc) is 2.51. The van der Waals surface area contributed by atoms with Crippen LogP contribution < -0.4 is 0 Å². The standard InChI is InChI=1S/C10H9ClN2S/c1-6-4-3-5-7(2)8(6)9-12-13-10(11)14-9/h3-5H,1-2H3. The van der Waals surface area contributed by atoms with Crippen molar-refractivity contribution in [3.05, 3.63) is 33.8 Å². The molecule has 0 aliphatic rings. The van der Waals surface area contributed by atoms with Crippen molar-refractivity contribution >= 4 is 22.9 Å². The van der Waals surface area contributed by atoms with Gasteiger partial charge in [-0.25, -0.2) is 0 Å². The summed E-state index contributed by atoms with van der Waals surface area (Å²) >= 11 is 7.17. The molecule has 0 saturated carbocycles. The number of aryl methyl sites for hydroxylation is 2. The van der Waals surface area contributed by atoms with Gasteiger partial charge in [0.1, 0.15) is 5.01 Å². The van der Waals surface area contributed by atoms with Gasteiger partial charge in [-0.1, -0.05) is 29.5 Å². The number of aromatic nitrogens is 2. The molecule has 0 fully saturated rings. The van der Waals surface area contributed by atoms with Crippen LogP contribution in [0.2, 0.25) is 4.47 Å². The normalized spacial score (nSPS) is 10.5. The molecule has 0 amide bonds. The summed E-state index contributed by atoms with van der Waals surface area (Å²) in [6.45, 7) is 4.13. The third-order valence-electron chi connectivity index (χ3n) is 2.10. The molecule has 1 aromatic carbocycles. The van der Waals surface area contributed by atoms with Crippen molar-refractivity contribution in [1.29, 1.82) is 0 Å². The van der Waals surface area contributed by atoms with Crippen molar-refractivity contribution < 1.29 is 0 Å². The Morgan fingerprint density at radius 1 is 1.14 bits per heavy atom. The van der Waals surface area contributed by atoms with E-state index in [2.05, 4.69) is 36.2 Å². The highest BCUT2D eigenvalue weighted by Gasteiger charge is 2.09. The Bertz CT molecular complexity index is 445. The van der Waals surface area contributed by atoms with E-state index in [1.807, 2.05) is 6.07 Å². The molecule has 4 heteroatoms. The number of hydrogen-bond donors (Lipinski definition) is 0. The van der Waals surface area contributed by atoms with Gasteiger partial charge in [-0.15, -0.1) is 10.2 Å². The van der Waals surface area contributed by atoms with Crippen LogP contribution in [0, 0.1) is 13.8 Å². The lowest BCUT2D eigenvalue weighted by atomic mass is 10.0. The summed E-state index contributed by atoms with van der Waals surface area (Å²) in [5, 5.41) is 8.75. The van der Waals surface area contributed by atoms with Gasteiger partial charge < -0.3 is 0 Å². The molecule has 2 aromatic rings. The molecule has 0 radical (unpaired) electrons. The van der Waals surface area contributed by atoms with Crippen LogP contribution in [0.1, 0.15) is 11.1 Å². The minimum atomic E-state index is 0.489. The Morgan fingerprint density at radius 3 is 2.29 bits per heavy atom. The second-order valence-corrected chi connectivity index (χ2v) is 4.69. The predicted molar refractivity (Wildman–Crippen MR) is 59.8 cm³/mol. The topological polar surface area (TPSA) is 25.8 Å². The largest absolute Gasteiger partial charge is 0.207 e. The van der Waals surface area contributed by atoms with Crippen molar-refractivity contribution in [3.8, 4) is 10.6 Å². The summed E-state index contributed by atoms with van der Waals surface area (Å²) in [5.41, 5.74) is 3.56. The van der Waals surface area contributed by atoms with Gasteiger partial charge in [-0.3, -0.25) is 0 Å². The molecule has 0 aliphatic heterocycles. The maximum atomic E-state index is 5.76. The van der Waals surface area contributed by atoms with Crippen molar-refractivity contribution in [1.82, 2.24) is 10.2 Å². The summed E-state index contributed by atoms with van der Waals surface area (Å²) in [7, 11) is 0. The van der Waals surface area contributed by atoms with Gasteiger partial charge in [0.2, 0.25) is 4.47 Å². The lowest BCUT2D eigenvalue weighted by molar-refractivity contribution is 1.09. The SMILES string of the molecule is Cc1cccc(C)c1-c1nnc(Cl)s1. The van der Waals surface area contributed by atoms with E-state index in [0.717, 1.165) is 10.6 Å². The maximum Gasteiger partial charge on any atom is 0.207 e. The lowest BCUT2D eigenvalue weighted by Gasteiger charge is -2.04. The van der Waals surface area contributed by atoms with E-state index in [9.17, 15) is 0 Å². The van der Waals surface area contributed by atoms with Crippen LogP contribution in [0.3, 0.4) is 0 Å². The minimum Gasteiger partial charge on any atom is -0.137 e. The third-order valence-corrected chi connectivity index (χ3v) is 3.13. The molecular formula is C10H9ClN2S. The molecular weight excluding hydrogens is 216 g/mol. The summed E-state index contributed by atoms with van der Waals surface area (Å²) in [6.07, 6.45) is 0. The van der Waals surface area contributed by atoms with Crippen LogP contribution in [-0.4, -0.2) is 10.2 Å². The van der Waals surface area contributed by atoms with Crippen molar-refractivity contribution in [2.75, 3.05) is 0 Å². The van der Waals surface area contributed by atoms with Gasteiger partial charge in [0, 0.05) is 5.56 Å². The number of nitrogens with zero attached hydrogens (tertiary/aromatic N) is 2. The molecule has 0 unspecified atom stereocenters. The van der Waals surface area contributed by atoms with E-state index in [4.69, 9.17) is 11.6 Å². The molecule has 2 rings (SSSR count). The Labute approximate surface area is 91.6 Å². The fraction of sp³-hybridized carbons (Fsp3) is 0.200. The third kappa shape index (κ3) is 1.65. The van der Waals surface area contributed by atoms with Crippen molar-refractivity contribution in [2.24, 2.45) is 0 Å². The second-order valence-electron chi connectivity index (χ2n) is 3.13. The fourth-order valence-electron chi connectivity index (χ4n) is 1.46. The van der Waals surface area contributed by atoms with Crippen LogP contribution in [0.5, 0.6) is 0 Å². The first-order valence-electron chi connectivity index (χ1n) is 4.24. The van der Waals surface area contributed by atoms with E-state index in [1.54, 1.807) is 0 Å². The van der Waals surface area contributed by atoms with Gasteiger partial charge in [0.15, 0.2) is 0 Å². The van der Waals surface area contributed by atoms with Crippen LogP contribution in [0.15, 0.2) is 18.2 Å². The first-order chi connectivity index (χ1) is 6.68. The Kier molecular flexibility index (Phi) is 2.52. The zero-order valence-electron chi connectivity index (χ0n) is 7.91. The number of benzene rings is 1. The molecule has 1 aromatic heterocycles. The smallest absolute Gasteiger partial charge is 0.137 e. The van der Waals surface area contributed by atoms with Gasteiger partial charge in [0.25, 0.3) is 0 Å². The van der Waals surface area contributed by atoms with E-state index in [1.165, 1.54) is 22.5 Å². The molecule has 0 spiro atoms. The van der Waals surface area contributed by atoms with Gasteiger partial charge in [-0.05, 0) is 36.6 Å². The van der Waals surface area contributed by atoms with E-state index in [-0.39, 0.29) is 0 Å². The molecule has 0 atom stereocenters. The van der Waals surface area contributed by atoms with Crippen LogP contribution >= 0.6 is 22.9 Å². The highest BCUT2D eigenvalue weighted by Crippen LogP contribution is 2.30. The number of halogens is 1. The maximum absolute atomic E-state index is 5.76. The molecule has 0 bridgehead atoms. The summed E-state index contributed by atoms with van der Waals surface area (Å²) in [6, 6.07) is 6.17. The fourth-order valence-corrected chi connectivity index (χ4v) is 2.46. The van der Waals surface area contributed by atoms with Gasteiger partial charge in [0.05, 0.1) is 0 Å². The molecule has 0 aliphatic carbocycles. The van der Waals surface area contributed by atoms with Crippen molar-refractivity contribution in [3.63, 3.8) is 0 Å². The Hall–Kier alpha value is -0.930. The second kappa shape index (κ2) is 3.67. The average molecular weight is 225 g/mol. The first-order valence-corrected chi connectivity index (χ1v) is 5.43. The highest BCUT2D eigenvalue weighted by atomic mass is 35.5. The number of rotatable bonds is 1. The summed E-state index contributed by atoms with van der Waals surface area (Å²) in [4.78, 5) is 0. The lowest BCUT2D eigenvalue weighted by Crippen LogP contribution is -1.86. The monoisotopic (exact) mass is 224 g/mol. The summed E-state index contributed by atoms with van der Waals surface area (Å²) < 4.78 is 0.489. The van der Waals surface area contributed by atoms with E-state index >= 15 is 0 Å². The summed E-state index contributed by atoms with van der Waals surface area (Å²) in [5.74, 6) is 0. The van der Waals surface area contributed by atoms with Gasteiger partial charge in [-0.2, -0.15) is 0 Å². The van der Waals surface area contributed by atoms with E-state index in [0.29, 0.717) is 4.47 Å². The zero-order valence-corrected chi connectivity index (χ0v) is 9.49. The highest BCUT2D eigenvalue weighted by molar-refractivity contribution is 7.18. The molecule has 72 valence electrons. The molecule has 14 heavy (non-hydrogen) atoms. The zero-order chi connectivity index (χ0) is 10.1. The number of hydrogen-bond acceptors (Lipinski definition) is 3. The van der Waals surface area contributed by atoms with Crippen LogP contribution in [0.4, 0.5) is 0 Å².